The van der Waals surface area contributed by atoms with Crippen LogP contribution in [0.3, 0.4) is 0 Å². The predicted octanol–water partition coefficient (Wildman–Crippen LogP) is 5.17. The van der Waals surface area contributed by atoms with E-state index >= 15 is 0 Å². The highest BCUT2D eigenvalue weighted by Gasteiger charge is 2.20. The van der Waals surface area contributed by atoms with Crippen LogP contribution in [0.2, 0.25) is 0 Å². The molecule has 3 aromatic rings. The van der Waals surface area contributed by atoms with Gasteiger partial charge in [-0.2, -0.15) is 5.26 Å². The van der Waals surface area contributed by atoms with E-state index in [2.05, 4.69) is 65.6 Å². The minimum absolute atomic E-state index is 0.719. The highest BCUT2D eigenvalue weighted by molar-refractivity contribution is 5.90. The Balaban J connectivity index is 1.49. The van der Waals surface area contributed by atoms with E-state index in [9.17, 15) is 5.26 Å². The Labute approximate surface area is 149 Å². The van der Waals surface area contributed by atoms with Crippen molar-refractivity contribution in [3.63, 3.8) is 0 Å². The van der Waals surface area contributed by atoms with E-state index in [4.69, 9.17) is 0 Å². The lowest BCUT2D eigenvalue weighted by atomic mass is 9.87. The van der Waals surface area contributed by atoms with Gasteiger partial charge >= 0.3 is 0 Å². The van der Waals surface area contributed by atoms with Crippen LogP contribution in [0.1, 0.15) is 24.0 Å². The van der Waals surface area contributed by atoms with Crippen molar-refractivity contribution in [3.05, 3.63) is 77.9 Å². The molecule has 2 nitrogen and oxygen atoms in total. The minimum atomic E-state index is 0.719. The molecular formula is C23H22N2. The summed E-state index contributed by atoms with van der Waals surface area (Å²) in [5.41, 5.74) is 3.50. The number of fused-ring (bicyclic) bond motifs is 1. The van der Waals surface area contributed by atoms with Crippen LogP contribution >= 0.6 is 0 Å². The van der Waals surface area contributed by atoms with Gasteiger partial charge in [-0.1, -0.05) is 48.5 Å². The molecule has 0 aliphatic carbocycles. The number of nitrogens with zero attached hydrogens (tertiary/aromatic N) is 2. The highest BCUT2D eigenvalue weighted by atomic mass is 15.1. The Kier molecular flexibility index (Phi) is 4.39. The Morgan fingerprint density at radius 3 is 2.24 bits per heavy atom. The molecule has 25 heavy (non-hydrogen) atoms. The Morgan fingerprint density at radius 1 is 0.840 bits per heavy atom. The van der Waals surface area contributed by atoms with Gasteiger partial charge in [-0.3, -0.25) is 0 Å². The first kappa shape index (κ1) is 15.7. The van der Waals surface area contributed by atoms with E-state index in [0.717, 1.165) is 36.4 Å². The number of nitriles is 1. The maximum atomic E-state index is 9.33. The summed E-state index contributed by atoms with van der Waals surface area (Å²) in [5.74, 6) is 0.719. The summed E-state index contributed by atoms with van der Waals surface area (Å²) < 4.78 is 0. The average molecular weight is 326 g/mol. The van der Waals surface area contributed by atoms with Gasteiger partial charge in [0.05, 0.1) is 11.6 Å². The number of hydrogen-bond donors (Lipinski definition) is 0. The highest BCUT2D eigenvalue weighted by Crippen LogP contribution is 2.29. The smallest absolute Gasteiger partial charge is 0.0998 e. The van der Waals surface area contributed by atoms with Gasteiger partial charge in [0.15, 0.2) is 0 Å². The van der Waals surface area contributed by atoms with E-state index in [1.807, 2.05) is 12.1 Å². The summed E-state index contributed by atoms with van der Waals surface area (Å²) in [6.45, 7) is 2.26. The molecular weight excluding hydrogens is 304 g/mol. The molecule has 1 aliphatic heterocycles. The van der Waals surface area contributed by atoms with Gasteiger partial charge in [-0.05, 0) is 59.7 Å². The molecule has 0 amide bonds. The predicted molar refractivity (Wildman–Crippen MR) is 104 cm³/mol. The zero-order valence-electron chi connectivity index (χ0n) is 14.4. The summed E-state index contributed by atoms with van der Waals surface area (Å²) in [7, 11) is 0. The third-order valence-corrected chi connectivity index (χ3v) is 5.38. The average Bonchev–Trinajstić information content (AvgIpc) is 2.69. The SMILES string of the molecule is N#Cc1ccc(CC2CCN(c3ccccc3)CC2)c2ccccc12. The molecule has 0 unspecified atom stereocenters. The minimum Gasteiger partial charge on any atom is -0.372 e. The van der Waals surface area contributed by atoms with Crippen molar-refractivity contribution in [2.24, 2.45) is 5.92 Å². The topological polar surface area (TPSA) is 27.0 Å². The van der Waals surface area contributed by atoms with E-state index in [0.29, 0.717) is 0 Å². The lowest BCUT2D eigenvalue weighted by Gasteiger charge is -2.34. The van der Waals surface area contributed by atoms with Crippen molar-refractivity contribution < 1.29 is 0 Å². The second-order valence-corrected chi connectivity index (χ2v) is 6.90. The molecule has 2 heteroatoms. The summed E-state index contributed by atoms with van der Waals surface area (Å²) in [6.07, 6.45) is 3.56. The molecule has 0 radical (unpaired) electrons. The zero-order chi connectivity index (χ0) is 17.1. The number of anilines is 1. The van der Waals surface area contributed by atoms with Gasteiger partial charge in [-0.15, -0.1) is 0 Å². The maximum Gasteiger partial charge on any atom is 0.0998 e. The third-order valence-electron chi connectivity index (χ3n) is 5.38. The van der Waals surface area contributed by atoms with Crippen molar-refractivity contribution in [1.82, 2.24) is 0 Å². The normalized spacial score (nSPS) is 15.2. The number of rotatable bonds is 3. The van der Waals surface area contributed by atoms with Crippen LogP contribution in [0.25, 0.3) is 10.8 Å². The zero-order valence-corrected chi connectivity index (χ0v) is 14.4. The van der Waals surface area contributed by atoms with Crippen LogP contribution in [0.15, 0.2) is 66.7 Å². The van der Waals surface area contributed by atoms with Crippen molar-refractivity contribution in [2.75, 3.05) is 18.0 Å². The van der Waals surface area contributed by atoms with Crippen LogP contribution in [0, 0.1) is 17.2 Å². The summed E-state index contributed by atoms with van der Waals surface area (Å²) in [6, 6.07) is 25.5. The standard InChI is InChI=1S/C23H22N2/c24-17-20-11-10-19(22-8-4-5-9-23(20)22)16-18-12-14-25(15-13-18)21-6-2-1-3-7-21/h1-11,18H,12-16H2. The molecule has 3 aromatic carbocycles. The van der Waals surface area contributed by atoms with E-state index in [1.165, 1.54) is 29.5 Å². The number of hydrogen-bond acceptors (Lipinski definition) is 2. The molecule has 1 fully saturated rings. The molecule has 0 bridgehead atoms. The van der Waals surface area contributed by atoms with Gasteiger partial charge in [0.25, 0.3) is 0 Å². The summed E-state index contributed by atoms with van der Waals surface area (Å²) in [4.78, 5) is 2.49. The summed E-state index contributed by atoms with van der Waals surface area (Å²) >= 11 is 0. The van der Waals surface area contributed by atoms with Crippen LogP contribution in [-0.2, 0) is 6.42 Å². The molecule has 4 rings (SSSR count). The molecule has 0 N–H and O–H groups in total. The van der Waals surface area contributed by atoms with E-state index in [1.54, 1.807) is 0 Å². The Bertz CT molecular complexity index is 900. The van der Waals surface area contributed by atoms with Crippen LogP contribution in [-0.4, -0.2) is 13.1 Å². The molecule has 0 spiro atoms. The van der Waals surface area contributed by atoms with Gasteiger partial charge < -0.3 is 4.90 Å². The molecule has 1 saturated heterocycles. The molecule has 0 saturated carbocycles. The molecule has 1 heterocycles. The number of benzene rings is 3. The third kappa shape index (κ3) is 3.23. The first-order chi connectivity index (χ1) is 12.3. The summed E-state index contributed by atoms with van der Waals surface area (Å²) in [5, 5.41) is 11.7. The van der Waals surface area contributed by atoms with Crippen molar-refractivity contribution >= 4 is 16.5 Å². The fraction of sp³-hybridized carbons (Fsp3) is 0.261. The molecule has 0 aromatic heterocycles. The van der Waals surface area contributed by atoms with Gasteiger partial charge in [0.2, 0.25) is 0 Å². The molecule has 1 aliphatic rings. The Morgan fingerprint density at radius 2 is 1.52 bits per heavy atom. The first-order valence-corrected chi connectivity index (χ1v) is 9.06. The second-order valence-electron chi connectivity index (χ2n) is 6.90. The maximum absolute atomic E-state index is 9.33. The van der Waals surface area contributed by atoms with Gasteiger partial charge in [0.1, 0.15) is 0 Å². The van der Waals surface area contributed by atoms with Crippen molar-refractivity contribution in [2.45, 2.75) is 19.3 Å². The first-order valence-electron chi connectivity index (χ1n) is 9.06. The quantitative estimate of drug-likeness (QED) is 0.664. The van der Waals surface area contributed by atoms with E-state index in [-0.39, 0.29) is 0 Å². The Hall–Kier alpha value is -2.79. The lowest BCUT2D eigenvalue weighted by Crippen LogP contribution is -2.34. The van der Waals surface area contributed by atoms with Crippen LogP contribution in [0.5, 0.6) is 0 Å². The monoisotopic (exact) mass is 326 g/mol. The van der Waals surface area contributed by atoms with Crippen molar-refractivity contribution in [1.29, 1.82) is 5.26 Å². The fourth-order valence-electron chi connectivity index (χ4n) is 3.98. The lowest BCUT2D eigenvalue weighted by molar-refractivity contribution is 0.404. The fourth-order valence-corrected chi connectivity index (χ4v) is 3.98. The second kappa shape index (κ2) is 6.99. The van der Waals surface area contributed by atoms with Crippen LogP contribution in [0.4, 0.5) is 5.69 Å². The molecule has 0 atom stereocenters. The number of piperidine rings is 1. The van der Waals surface area contributed by atoms with Gasteiger partial charge in [-0.25, -0.2) is 0 Å². The van der Waals surface area contributed by atoms with Crippen LogP contribution < -0.4 is 4.90 Å². The largest absolute Gasteiger partial charge is 0.372 e. The van der Waals surface area contributed by atoms with Crippen molar-refractivity contribution in [3.8, 4) is 6.07 Å². The number of para-hydroxylation sites is 1. The van der Waals surface area contributed by atoms with Gasteiger partial charge in [0, 0.05) is 18.8 Å². The van der Waals surface area contributed by atoms with E-state index < -0.39 is 0 Å². The molecule has 124 valence electrons.